The largest absolute Gasteiger partial charge is 0.759 e. The van der Waals surface area contributed by atoms with Gasteiger partial charge in [0.2, 0.25) is 0 Å². The van der Waals surface area contributed by atoms with Gasteiger partial charge in [-0.3, -0.25) is 8.42 Å². The first kappa shape index (κ1) is 59.2. The third-order valence-corrected chi connectivity index (χ3v) is 14.0. The Labute approximate surface area is 380 Å². The molecule has 0 radical (unpaired) electrons. The van der Waals surface area contributed by atoms with Gasteiger partial charge in [0.1, 0.15) is 0 Å². The van der Waals surface area contributed by atoms with Crippen molar-refractivity contribution in [1.82, 2.24) is 0 Å². The van der Waals surface area contributed by atoms with Gasteiger partial charge >= 0.3 is 0 Å². The van der Waals surface area contributed by atoms with Crippen molar-refractivity contribution >= 4 is 10.4 Å². The molecule has 6 nitrogen and oxygen atoms in total. The molecule has 0 spiro atoms. The van der Waals surface area contributed by atoms with E-state index in [4.69, 9.17) is 17.5 Å². The van der Waals surface area contributed by atoms with Gasteiger partial charge in [-0.15, -0.1) is 0 Å². The smallest absolute Gasteiger partial charge is 0.0818 e. The molecule has 2 aromatic rings. The molecule has 0 N–H and O–H groups in total. The van der Waals surface area contributed by atoms with E-state index >= 15 is 0 Å². The lowest BCUT2D eigenvalue weighted by molar-refractivity contribution is -0.926. The maximum atomic E-state index is 8.52. The summed E-state index contributed by atoms with van der Waals surface area (Å²) in [7, 11) is -5.17. The van der Waals surface area contributed by atoms with Gasteiger partial charge in [0.05, 0.1) is 52.4 Å². The molecule has 0 saturated heterocycles. The molecule has 0 aromatic heterocycles. The van der Waals surface area contributed by atoms with Gasteiger partial charge in [0.15, 0.2) is 0 Å². The number of quaternary nitrogens is 2. The van der Waals surface area contributed by atoms with Crippen molar-refractivity contribution in [2.45, 2.75) is 209 Å². The Morgan fingerprint density at radius 1 is 0.393 bits per heavy atom. The molecule has 356 valence electrons. The molecule has 2 unspecified atom stereocenters. The molecule has 2 rings (SSSR count). The molecule has 2 atom stereocenters. The van der Waals surface area contributed by atoms with Gasteiger partial charge in [-0.25, -0.2) is 0 Å². The molecule has 0 amide bonds. The first-order chi connectivity index (χ1) is 29.4. The minimum absolute atomic E-state index is 0.830. The van der Waals surface area contributed by atoms with Crippen LogP contribution in [-0.2, 0) is 23.2 Å². The van der Waals surface area contributed by atoms with Crippen LogP contribution in [0, 0.1) is 11.8 Å². The van der Waals surface area contributed by atoms with E-state index < -0.39 is 10.4 Å². The second-order valence-electron chi connectivity index (χ2n) is 18.4. The average Bonchev–Trinajstić information content (AvgIpc) is 3.26. The van der Waals surface area contributed by atoms with Crippen LogP contribution in [0.4, 0.5) is 0 Å². The highest BCUT2D eigenvalue weighted by molar-refractivity contribution is 7.79. The summed E-state index contributed by atoms with van der Waals surface area (Å²) >= 11 is 0. The first-order valence-corrected chi connectivity index (χ1v) is 27.2. The molecule has 0 heterocycles. The quantitative estimate of drug-likeness (QED) is 0.0296. The normalized spacial score (nSPS) is 12.9. The third-order valence-electron chi connectivity index (χ3n) is 14.0. The molecule has 0 fully saturated rings. The Morgan fingerprint density at radius 2 is 0.623 bits per heavy atom. The summed E-state index contributed by atoms with van der Waals surface area (Å²) in [5, 5.41) is 0. The lowest BCUT2D eigenvalue weighted by Crippen LogP contribution is -2.50. The van der Waals surface area contributed by atoms with E-state index in [1.165, 1.54) is 227 Å². The SMILES string of the molecule is CCCCCCCCCCCCC(Cc1ccccc1)C[N+](CC)(CC)CC.CCCCCCCCCCCCC(Cc1ccccc1)C[N+](CC)(CC)CC.O=S(=O)([O-])[O-]. The molecule has 7 heteroatoms. The van der Waals surface area contributed by atoms with Crippen LogP contribution in [0.5, 0.6) is 0 Å². The van der Waals surface area contributed by atoms with Gasteiger partial charge in [0.25, 0.3) is 0 Å². The summed E-state index contributed by atoms with van der Waals surface area (Å²) in [6, 6.07) is 22.4. The lowest BCUT2D eigenvalue weighted by atomic mass is 9.92. The molecular formula is C54H100N2O4S. The summed E-state index contributed by atoms with van der Waals surface area (Å²) in [5.74, 6) is 1.66. The summed E-state index contributed by atoms with van der Waals surface area (Å²) < 4.78 is 36.7. The Morgan fingerprint density at radius 3 is 0.852 bits per heavy atom. The second kappa shape index (κ2) is 38.7. The van der Waals surface area contributed by atoms with Crippen LogP contribution in [0.3, 0.4) is 0 Å². The number of hydrogen-bond donors (Lipinski definition) is 0. The van der Waals surface area contributed by atoms with Crippen molar-refractivity contribution in [1.29, 1.82) is 0 Å². The lowest BCUT2D eigenvalue weighted by Gasteiger charge is -2.39. The summed E-state index contributed by atoms with van der Waals surface area (Å²) in [6.45, 7) is 29.3. The van der Waals surface area contributed by atoms with Crippen LogP contribution in [0.2, 0.25) is 0 Å². The molecule has 0 saturated carbocycles. The fourth-order valence-corrected chi connectivity index (χ4v) is 9.46. The standard InChI is InChI=1S/2C27H50N.H2O4S/c2*1-5-9-10-11-12-13-14-15-16-18-23-27(24-26-21-19-17-20-22-26)25-28(6-2,7-3)8-4;1-5(2,3)4/h2*17,19-22,27H,5-16,18,23-25H2,1-4H3;(H2,1,2,3,4)/q2*+1;/p-2. The zero-order valence-electron chi connectivity index (χ0n) is 41.5. The van der Waals surface area contributed by atoms with E-state index in [1.54, 1.807) is 0 Å². The van der Waals surface area contributed by atoms with Crippen molar-refractivity contribution < 1.29 is 26.5 Å². The van der Waals surface area contributed by atoms with Crippen LogP contribution in [0.25, 0.3) is 0 Å². The van der Waals surface area contributed by atoms with Crippen molar-refractivity contribution in [2.24, 2.45) is 11.8 Å². The van der Waals surface area contributed by atoms with E-state index in [0.29, 0.717) is 0 Å². The van der Waals surface area contributed by atoms with Gasteiger partial charge < -0.3 is 18.1 Å². The zero-order chi connectivity index (χ0) is 45.5. The van der Waals surface area contributed by atoms with Crippen LogP contribution in [0.15, 0.2) is 60.7 Å². The topological polar surface area (TPSA) is 80.3 Å². The van der Waals surface area contributed by atoms with Crippen LogP contribution >= 0.6 is 0 Å². The minimum atomic E-state index is -5.17. The Balaban J connectivity index is 0.00000106. The summed E-state index contributed by atoms with van der Waals surface area (Å²) in [5.41, 5.74) is 3.06. The Kier molecular flexibility index (Phi) is 37.5. The molecule has 2 aromatic carbocycles. The van der Waals surface area contributed by atoms with Crippen LogP contribution < -0.4 is 0 Å². The second-order valence-corrected chi connectivity index (χ2v) is 19.2. The van der Waals surface area contributed by atoms with E-state index in [-0.39, 0.29) is 0 Å². The monoisotopic (exact) mass is 873 g/mol. The predicted molar refractivity (Wildman–Crippen MR) is 264 cm³/mol. The number of hydrogen-bond acceptors (Lipinski definition) is 4. The van der Waals surface area contributed by atoms with Crippen LogP contribution in [0.1, 0.15) is 208 Å². The number of unbranched alkanes of at least 4 members (excludes halogenated alkanes) is 18. The summed E-state index contributed by atoms with van der Waals surface area (Å²) in [6.07, 6.45) is 34.1. The fourth-order valence-electron chi connectivity index (χ4n) is 9.46. The molecule has 0 aliphatic carbocycles. The Bertz CT molecular complexity index is 1200. The fraction of sp³-hybridized carbons (Fsp3) is 0.778. The maximum absolute atomic E-state index is 8.52. The molecule has 0 bridgehead atoms. The number of nitrogens with zero attached hydrogens (tertiary/aromatic N) is 2. The van der Waals surface area contributed by atoms with Crippen molar-refractivity contribution in [2.75, 3.05) is 52.4 Å². The van der Waals surface area contributed by atoms with Gasteiger partial charge in [-0.2, -0.15) is 0 Å². The van der Waals surface area contributed by atoms with Gasteiger partial charge in [0, 0.05) is 22.2 Å². The van der Waals surface area contributed by atoms with Crippen molar-refractivity contribution in [3.8, 4) is 0 Å². The summed E-state index contributed by atoms with van der Waals surface area (Å²) in [4.78, 5) is 0. The van der Waals surface area contributed by atoms with Gasteiger partial charge in [-0.05, 0) is 78.4 Å². The highest BCUT2D eigenvalue weighted by atomic mass is 32.3. The van der Waals surface area contributed by atoms with Crippen molar-refractivity contribution in [3.05, 3.63) is 71.8 Å². The number of rotatable bonds is 36. The van der Waals surface area contributed by atoms with Crippen molar-refractivity contribution in [3.63, 3.8) is 0 Å². The van der Waals surface area contributed by atoms with E-state index in [1.807, 2.05) is 0 Å². The molecule has 0 aliphatic rings. The predicted octanol–water partition coefficient (Wildman–Crippen LogP) is 14.7. The Hall–Kier alpha value is -1.77. The van der Waals surface area contributed by atoms with E-state index in [0.717, 1.165) is 11.8 Å². The van der Waals surface area contributed by atoms with E-state index in [9.17, 15) is 0 Å². The minimum Gasteiger partial charge on any atom is -0.759 e. The third kappa shape index (κ3) is 33.4. The maximum Gasteiger partial charge on any atom is 0.0818 e. The van der Waals surface area contributed by atoms with E-state index in [2.05, 4.69) is 116 Å². The van der Waals surface area contributed by atoms with Crippen LogP contribution in [-0.4, -0.2) is 78.8 Å². The highest BCUT2D eigenvalue weighted by Crippen LogP contribution is 2.24. The molecule has 0 aliphatic heterocycles. The number of benzene rings is 2. The molecule has 61 heavy (non-hydrogen) atoms. The first-order valence-electron chi connectivity index (χ1n) is 25.8. The highest BCUT2D eigenvalue weighted by Gasteiger charge is 2.27. The zero-order valence-corrected chi connectivity index (χ0v) is 42.3. The molecular weight excluding hydrogens is 773 g/mol. The average molecular weight is 873 g/mol. The van der Waals surface area contributed by atoms with Gasteiger partial charge in [-0.1, -0.05) is 203 Å².